The molecular formula is C7H7BrFNO2S. The maximum absolute atomic E-state index is 12.1. The Morgan fingerprint density at radius 2 is 2.23 bits per heavy atom. The quantitative estimate of drug-likeness (QED) is 0.784. The van der Waals surface area contributed by atoms with Crippen LogP contribution in [0.25, 0.3) is 0 Å². The average Bonchev–Trinajstić information content (AvgIpc) is 2.01. The number of hydrogen-bond acceptors (Lipinski definition) is 3. The predicted molar refractivity (Wildman–Crippen MR) is 50.5 cm³/mol. The molecule has 72 valence electrons. The van der Waals surface area contributed by atoms with Crippen molar-refractivity contribution in [3.05, 3.63) is 28.5 Å². The molecule has 0 aliphatic heterocycles. The third kappa shape index (κ3) is 3.82. The highest BCUT2D eigenvalue weighted by atomic mass is 79.9. The maximum Gasteiger partial charge on any atom is 0.302 e. The molecule has 1 aromatic rings. The maximum atomic E-state index is 12.1. The van der Waals surface area contributed by atoms with Gasteiger partial charge in [0.15, 0.2) is 0 Å². The minimum atomic E-state index is -4.38. The second kappa shape index (κ2) is 4.15. The summed E-state index contributed by atoms with van der Waals surface area (Å²) in [6.45, 7) is 0. The standard InChI is InChI=1S/C7H7BrFNO2S/c8-7-5-10-3-1-6(7)2-4-13(9,11)12/h1,3,5H,2,4H2. The molecule has 1 aromatic heterocycles. The van der Waals surface area contributed by atoms with Crippen molar-refractivity contribution in [2.75, 3.05) is 5.75 Å². The van der Waals surface area contributed by atoms with Gasteiger partial charge in [0.2, 0.25) is 0 Å². The van der Waals surface area contributed by atoms with Crippen molar-refractivity contribution in [3.63, 3.8) is 0 Å². The molecule has 0 aliphatic rings. The summed E-state index contributed by atoms with van der Waals surface area (Å²) in [5.74, 6) is -0.490. The zero-order valence-corrected chi connectivity index (χ0v) is 8.98. The van der Waals surface area contributed by atoms with Crippen LogP contribution in [0.5, 0.6) is 0 Å². The number of hydrogen-bond donors (Lipinski definition) is 0. The molecule has 0 saturated carbocycles. The van der Waals surface area contributed by atoms with Crippen LogP contribution in [0.15, 0.2) is 22.9 Å². The van der Waals surface area contributed by atoms with Crippen molar-refractivity contribution in [1.82, 2.24) is 4.98 Å². The van der Waals surface area contributed by atoms with E-state index in [1.54, 1.807) is 12.3 Å². The number of nitrogens with zero attached hydrogens (tertiary/aromatic N) is 1. The van der Waals surface area contributed by atoms with Gasteiger partial charge in [-0.25, -0.2) is 0 Å². The van der Waals surface area contributed by atoms with Crippen molar-refractivity contribution in [2.45, 2.75) is 6.42 Å². The van der Waals surface area contributed by atoms with Crippen LogP contribution in [-0.2, 0) is 16.6 Å². The Morgan fingerprint density at radius 3 is 2.77 bits per heavy atom. The first-order valence-electron chi connectivity index (χ1n) is 3.50. The Balaban J connectivity index is 2.71. The molecular weight excluding hydrogens is 261 g/mol. The average molecular weight is 268 g/mol. The molecule has 0 aromatic carbocycles. The lowest BCUT2D eigenvalue weighted by atomic mass is 10.2. The molecule has 3 nitrogen and oxygen atoms in total. The van der Waals surface area contributed by atoms with E-state index in [0.717, 1.165) is 5.56 Å². The minimum absolute atomic E-state index is 0.155. The molecule has 0 aliphatic carbocycles. The summed E-state index contributed by atoms with van der Waals surface area (Å²) >= 11 is 3.18. The van der Waals surface area contributed by atoms with Gasteiger partial charge in [-0.3, -0.25) is 4.98 Å². The Bertz CT molecular complexity index is 393. The number of aryl methyl sites for hydroxylation is 1. The fourth-order valence-electron chi connectivity index (χ4n) is 0.839. The second-order valence-electron chi connectivity index (χ2n) is 2.46. The van der Waals surface area contributed by atoms with E-state index >= 15 is 0 Å². The third-order valence-corrected chi connectivity index (χ3v) is 2.88. The summed E-state index contributed by atoms with van der Waals surface area (Å²) in [7, 11) is -4.38. The van der Waals surface area contributed by atoms with Crippen molar-refractivity contribution >= 4 is 26.2 Å². The zero-order valence-electron chi connectivity index (χ0n) is 6.57. The van der Waals surface area contributed by atoms with E-state index in [-0.39, 0.29) is 6.42 Å². The normalized spacial score (nSPS) is 11.5. The largest absolute Gasteiger partial charge is 0.302 e. The van der Waals surface area contributed by atoms with Gasteiger partial charge in [-0.15, -0.1) is 3.89 Å². The number of aromatic nitrogens is 1. The van der Waals surface area contributed by atoms with Gasteiger partial charge in [0.1, 0.15) is 0 Å². The fraction of sp³-hybridized carbons (Fsp3) is 0.286. The van der Waals surface area contributed by atoms with Crippen molar-refractivity contribution in [1.29, 1.82) is 0 Å². The van der Waals surface area contributed by atoms with E-state index in [9.17, 15) is 12.3 Å². The first kappa shape index (κ1) is 10.6. The molecule has 0 unspecified atom stereocenters. The Morgan fingerprint density at radius 1 is 1.54 bits per heavy atom. The minimum Gasteiger partial charge on any atom is -0.264 e. The lowest BCUT2D eigenvalue weighted by molar-refractivity contribution is 0.551. The van der Waals surface area contributed by atoms with Crippen molar-refractivity contribution in [2.24, 2.45) is 0 Å². The van der Waals surface area contributed by atoms with Gasteiger partial charge < -0.3 is 0 Å². The number of rotatable bonds is 3. The first-order chi connectivity index (χ1) is 5.99. The van der Waals surface area contributed by atoms with Gasteiger partial charge in [0, 0.05) is 16.9 Å². The Hall–Kier alpha value is -0.490. The van der Waals surface area contributed by atoms with E-state index < -0.39 is 16.0 Å². The fourth-order valence-corrected chi connectivity index (χ4v) is 1.75. The molecule has 1 rings (SSSR count). The van der Waals surface area contributed by atoms with E-state index in [0.29, 0.717) is 4.47 Å². The van der Waals surface area contributed by atoms with Crippen molar-refractivity contribution < 1.29 is 12.3 Å². The number of pyridine rings is 1. The molecule has 0 spiro atoms. The van der Waals surface area contributed by atoms with E-state index in [4.69, 9.17) is 0 Å². The topological polar surface area (TPSA) is 47.0 Å². The predicted octanol–water partition coefficient (Wildman–Crippen LogP) is 1.69. The van der Waals surface area contributed by atoms with Crippen LogP contribution in [0.3, 0.4) is 0 Å². The lowest BCUT2D eigenvalue weighted by Gasteiger charge is -2.00. The van der Waals surface area contributed by atoms with Crippen LogP contribution in [0, 0.1) is 0 Å². The molecule has 0 bridgehead atoms. The Kier molecular flexibility index (Phi) is 3.38. The summed E-state index contributed by atoms with van der Waals surface area (Å²) < 4.78 is 33.3. The van der Waals surface area contributed by atoms with Crippen LogP contribution in [0.2, 0.25) is 0 Å². The highest BCUT2D eigenvalue weighted by Gasteiger charge is 2.08. The van der Waals surface area contributed by atoms with Gasteiger partial charge in [-0.2, -0.15) is 8.42 Å². The summed E-state index contributed by atoms with van der Waals surface area (Å²) in [5.41, 5.74) is 0.733. The number of halogens is 2. The van der Waals surface area contributed by atoms with Gasteiger partial charge >= 0.3 is 10.2 Å². The van der Waals surface area contributed by atoms with E-state index in [2.05, 4.69) is 20.9 Å². The molecule has 0 fully saturated rings. The summed E-state index contributed by atoms with van der Waals surface area (Å²) in [6.07, 6.45) is 3.23. The molecule has 0 saturated heterocycles. The molecule has 0 N–H and O–H groups in total. The van der Waals surface area contributed by atoms with Gasteiger partial charge in [-0.05, 0) is 34.0 Å². The highest BCUT2D eigenvalue weighted by Crippen LogP contribution is 2.15. The Labute approximate surface area is 84.3 Å². The summed E-state index contributed by atoms with van der Waals surface area (Å²) in [4.78, 5) is 3.80. The summed E-state index contributed by atoms with van der Waals surface area (Å²) in [5, 5.41) is 0. The van der Waals surface area contributed by atoms with Crippen LogP contribution in [-0.4, -0.2) is 19.2 Å². The lowest BCUT2D eigenvalue weighted by Crippen LogP contribution is -2.02. The zero-order chi connectivity index (χ0) is 9.90. The monoisotopic (exact) mass is 267 g/mol. The van der Waals surface area contributed by atoms with E-state index in [1.165, 1.54) is 6.20 Å². The first-order valence-corrected chi connectivity index (χ1v) is 5.84. The van der Waals surface area contributed by atoms with Crippen LogP contribution in [0.1, 0.15) is 5.56 Å². The van der Waals surface area contributed by atoms with Crippen molar-refractivity contribution in [3.8, 4) is 0 Å². The third-order valence-electron chi connectivity index (χ3n) is 1.47. The van der Waals surface area contributed by atoms with Crippen LogP contribution >= 0.6 is 15.9 Å². The molecule has 13 heavy (non-hydrogen) atoms. The van der Waals surface area contributed by atoms with Gasteiger partial charge in [0.25, 0.3) is 0 Å². The SMILES string of the molecule is O=S(=O)(F)CCc1ccncc1Br. The smallest absolute Gasteiger partial charge is 0.264 e. The molecule has 1 heterocycles. The van der Waals surface area contributed by atoms with Crippen LogP contribution in [0.4, 0.5) is 3.89 Å². The highest BCUT2D eigenvalue weighted by molar-refractivity contribution is 9.10. The molecule has 0 atom stereocenters. The molecule has 0 radical (unpaired) electrons. The van der Waals surface area contributed by atoms with Gasteiger partial charge in [-0.1, -0.05) is 0 Å². The van der Waals surface area contributed by atoms with Gasteiger partial charge in [0.05, 0.1) is 5.75 Å². The van der Waals surface area contributed by atoms with Crippen LogP contribution < -0.4 is 0 Å². The summed E-state index contributed by atoms with van der Waals surface area (Å²) in [6, 6.07) is 1.65. The molecule has 0 amide bonds. The van der Waals surface area contributed by atoms with E-state index in [1.807, 2.05) is 0 Å². The second-order valence-corrected chi connectivity index (χ2v) is 4.80. The molecule has 6 heteroatoms.